The van der Waals surface area contributed by atoms with Gasteiger partial charge in [0.1, 0.15) is 11.3 Å². The molecule has 0 N–H and O–H groups in total. The fourth-order valence-corrected chi connectivity index (χ4v) is 6.15. The molecule has 0 radical (unpaired) electrons. The number of rotatable bonds is 4. The summed E-state index contributed by atoms with van der Waals surface area (Å²) in [6.45, 7) is 1.50. The Hall–Kier alpha value is -1.19. The number of hydrogen-bond acceptors (Lipinski definition) is 4. The van der Waals surface area contributed by atoms with Crippen LogP contribution in [0.5, 0.6) is 0 Å². The third-order valence-corrected chi connectivity index (χ3v) is 6.94. The first-order valence-corrected chi connectivity index (χ1v) is 10.1. The summed E-state index contributed by atoms with van der Waals surface area (Å²) in [4.78, 5) is 17.4. The van der Waals surface area contributed by atoms with Crippen LogP contribution < -0.4 is 4.80 Å². The van der Waals surface area contributed by atoms with Crippen LogP contribution in [0, 0.1) is 18.8 Å². The maximum Gasteiger partial charge on any atom is 0.432 e. The summed E-state index contributed by atoms with van der Waals surface area (Å²) in [6.07, 6.45) is -0.0626. The van der Waals surface area contributed by atoms with E-state index in [1.807, 2.05) is 0 Å². The minimum atomic E-state index is -4.51. The molecule has 2 aliphatic heterocycles. The van der Waals surface area contributed by atoms with E-state index in [0.29, 0.717) is 24.7 Å². The van der Waals surface area contributed by atoms with Crippen molar-refractivity contribution < 1.29 is 27.4 Å². The number of methoxy groups -OCH3 is 1. The quantitative estimate of drug-likeness (QED) is 0.774. The number of aryl methyl sites for hydroxylation is 1. The molecule has 1 aromatic rings. The summed E-state index contributed by atoms with van der Waals surface area (Å²) >= 11 is 0.895. The molecule has 2 aliphatic carbocycles. The number of carbonyl (C=O) groups is 1. The van der Waals surface area contributed by atoms with Crippen molar-refractivity contribution >= 4 is 17.2 Å². The van der Waals surface area contributed by atoms with Crippen molar-refractivity contribution in [3.8, 4) is 0 Å². The topological polar surface area (TPSA) is 52.8 Å². The molecule has 1 amide bonds. The fourth-order valence-electron chi connectivity index (χ4n) is 5.13. The molecule has 2 saturated heterocycles. The molecule has 1 aromatic heterocycles. The zero-order valence-electron chi connectivity index (χ0n) is 15.3. The van der Waals surface area contributed by atoms with Crippen LogP contribution in [0.15, 0.2) is 4.99 Å². The third-order valence-electron chi connectivity index (χ3n) is 5.94. The van der Waals surface area contributed by atoms with E-state index in [-0.39, 0.29) is 28.9 Å². The minimum Gasteiger partial charge on any atom is -0.383 e. The zero-order chi connectivity index (χ0) is 19.4. The zero-order valence-corrected chi connectivity index (χ0v) is 16.2. The molecule has 5 nitrogen and oxygen atoms in total. The Morgan fingerprint density at radius 3 is 2.56 bits per heavy atom. The number of aromatic nitrogens is 1. The molecule has 0 spiro atoms. The lowest BCUT2D eigenvalue weighted by Gasteiger charge is -2.54. The largest absolute Gasteiger partial charge is 0.432 e. The van der Waals surface area contributed by atoms with E-state index in [1.54, 1.807) is 0 Å². The van der Waals surface area contributed by atoms with Crippen LogP contribution in [-0.2, 0) is 27.0 Å². The van der Waals surface area contributed by atoms with Gasteiger partial charge in [0, 0.05) is 18.5 Å². The molecule has 2 saturated carbocycles. The van der Waals surface area contributed by atoms with Gasteiger partial charge in [-0.15, -0.1) is 11.3 Å². The molecule has 3 heterocycles. The number of hydrogen-bond donors (Lipinski definition) is 0. The van der Waals surface area contributed by atoms with Crippen LogP contribution in [-0.4, -0.2) is 35.9 Å². The monoisotopic (exact) mass is 404 g/mol. The predicted molar refractivity (Wildman–Crippen MR) is 92.2 cm³/mol. The standard InChI is InChI=1S/C18H23F3N2O3S/c1-10-14(18(19,20)21)23(3-4-25-2)16(27-10)22-15(24)17-8-11-5-12(9-17)7-13(6-11)26-17/h11-13H,3-9H2,1-2H3. The minimum absolute atomic E-state index is 0.0104. The molecule has 4 bridgehead atoms. The van der Waals surface area contributed by atoms with Gasteiger partial charge < -0.3 is 14.0 Å². The van der Waals surface area contributed by atoms with Crippen molar-refractivity contribution in [3.05, 3.63) is 15.4 Å². The molecule has 4 fully saturated rings. The molecule has 0 aromatic carbocycles. The Labute approximate surface area is 159 Å². The number of alkyl halides is 3. The normalized spacial score (nSPS) is 33.1. The average Bonchev–Trinajstić information content (AvgIpc) is 2.86. The highest BCUT2D eigenvalue weighted by Crippen LogP contribution is 2.53. The smallest absolute Gasteiger partial charge is 0.383 e. The van der Waals surface area contributed by atoms with Crippen molar-refractivity contribution in [3.63, 3.8) is 0 Å². The van der Waals surface area contributed by atoms with Crippen LogP contribution in [0.3, 0.4) is 0 Å². The molecular formula is C18H23F3N2O3S. The first-order chi connectivity index (χ1) is 12.7. The Morgan fingerprint density at radius 2 is 2.00 bits per heavy atom. The number of thiazole rings is 1. The van der Waals surface area contributed by atoms with E-state index in [0.717, 1.165) is 35.2 Å². The van der Waals surface area contributed by atoms with Gasteiger partial charge in [0.25, 0.3) is 5.91 Å². The van der Waals surface area contributed by atoms with E-state index < -0.39 is 23.4 Å². The van der Waals surface area contributed by atoms with E-state index in [1.165, 1.54) is 14.0 Å². The lowest BCUT2D eigenvalue weighted by atomic mass is 9.62. The average molecular weight is 404 g/mol. The number of carbonyl (C=O) groups excluding carboxylic acids is 1. The van der Waals surface area contributed by atoms with Gasteiger partial charge in [0.2, 0.25) is 0 Å². The van der Waals surface area contributed by atoms with Crippen molar-refractivity contribution in [2.24, 2.45) is 16.8 Å². The number of nitrogens with zero attached hydrogens (tertiary/aromatic N) is 2. The summed E-state index contributed by atoms with van der Waals surface area (Å²) in [6, 6.07) is 0. The summed E-state index contributed by atoms with van der Waals surface area (Å²) in [5.74, 6) is 0.501. The lowest BCUT2D eigenvalue weighted by Crippen LogP contribution is -2.58. The van der Waals surface area contributed by atoms with Gasteiger partial charge in [0.05, 0.1) is 12.7 Å². The highest BCUT2D eigenvalue weighted by Gasteiger charge is 2.56. The van der Waals surface area contributed by atoms with E-state index >= 15 is 0 Å². The SMILES string of the molecule is COCCn1c(C(F)(F)F)c(C)sc1=NC(=O)C12CC3CC(CC(C3)O1)C2. The molecule has 2 unspecified atom stereocenters. The number of amides is 1. The first-order valence-electron chi connectivity index (χ1n) is 9.25. The molecule has 27 heavy (non-hydrogen) atoms. The molecule has 9 heteroatoms. The summed E-state index contributed by atoms with van der Waals surface area (Å²) in [5.41, 5.74) is -1.70. The second-order valence-electron chi connectivity index (χ2n) is 7.93. The maximum absolute atomic E-state index is 13.5. The predicted octanol–water partition coefficient (Wildman–Crippen LogP) is 3.30. The lowest BCUT2D eigenvalue weighted by molar-refractivity contribution is -0.216. The van der Waals surface area contributed by atoms with Crippen LogP contribution in [0.4, 0.5) is 13.2 Å². The van der Waals surface area contributed by atoms with Gasteiger partial charge in [-0.05, 0) is 50.9 Å². The van der Waals surface area contributed by atoms with Gasteiger partial charge in [-0.2, -0.15) is 18.2 Å². The molecule has 150 valence electrons. The van der Waals surface area contributed by atoms with E-state index in [9.17, 15) is 18.0 Å². The Balaban J connectivity index is 1.72. The number of ether oxygens (including phenoxy) is 2. The molecule has 4 aliphatic rings. The van der Waals surface area contributed by atoms with Gasteiger partial charge in [-0.25, -0.2) is 0 Å². The van der Waals surface area contributed by atoms with Crippen molar-refractivity contribution in [2.45, 2.75) is 63.5 Å². The van der Waals surface area contributed by atoms with Gasteiger partial charge in [-0.3, -0.25) is 4.79 Å². The fraction of sp³-hybridized carbons (Fsp3) is 0.778. The van der Waals surface area contributed by atoms with Gasteiger partial charge in [-0.1, -0.05) is 0 Å². The van der Waals surface area contributed by atoms with Gasteiger partial charge >= 0.3 is 6.18 Å². The Morgan fingerprint density at radius 1 is 1.33 bits per heavy atom. The summed E-state index contributed by atoms with van der Waals surface area (Å²) in [5, 5.41) is 0. The van der Waals surface area contributed by atoms with Crippen LogP contribution >= 0.6 is 11.3 Å². The molecule has 2 atom stereocenters. The van der Waals surface area contributed by atoms with Crippen molar-refractivity contribution in [2.75, 3.05) is 13.7 Å². The summed E-state index contributed by atoms with van der Waals surface area (Å²) in [7, 11) is 1.43. The maximum atomic E-state index is 13.5. The Bertz CT molecular complexity index is 776. The second kappa shape index (κ2) is 6.70. The Kier molecular flexibility index (Phi) is 4.75. The van der Waals surface area contributed by atoms with Crippen LogP contribution in [0.25, 0.3) is 0 Å². The third kappa shape index (κ3) is 3.38. The van der Waals surface area contributed by atoms with Crippen LogP contribution in [0.1, 0.15) is 42.7 Å². The second-order valence-corrected chi connectivity index (χ2v) is 9.11. The van der Waals surface area contributed by atoms with Crippen molar-refractivity contribution in [1.82, 2.24) is 4.57 Å². The molecule has 5 rings (SSSR count). The molecular weight excluding hydrogens is 381 g/mol. The first kappa shape index (κ1) is 19.1. The number of halogens is 3. The highest BCUT2D eigenvalue weighted by atomic mass is 32.1. The summed E-state index contributed by atoms with van der Waals surface area (Å²) < 4.78 is 52.6. The van der Waals surface area contributed by atoms with E-state index in [2.05, 4.69) is 4.99 Å². The van der Waals surface area contributed by atoms with Crippen LogP contribution in [0.2, 0.25) is 0 Å². The van der Waals surface area contributed by atoms with Gasteiger partial charge in [0.15, 0.2) is 4.80 Å². The van der Waals surface area contributed by atoms with E-state index in [4.69, 9.17) is 9.47 Å². The van der Waals surface area contributed by atoms with Crippen molar-refractivity contribution in [1.29, 1.82) is 0 Å². The highest BCUT2D eigenvalue weighted by molar-refractivity contribution is 7.09.